The third kappa shape index (κ3) is 4.44. The van der Waals surface area contributed by atoms with E-state index in [1.54, 1.807) is 35.4 Å². The van der Waals surface area contributed by atoms with E-state index in [1.165, 1.54) is 16.8 Å². The van der Waals surface area contributed by atoms with Crippen molar-refractivity contribution in [2.75, 3.05) is 5.32 Å². The van der Waals surface area contributed by atoms with E-state index in [-0.39, 0.29) is 30.9 Å². The molecular formula is C17H19FN6O2. The average molecular weight is 358 g/mol. The summed E-state index contributed by atoms with van der Waals surface area (Å²) in [5, 5.41) is 14.7. The fourth-order valence-electron chi connectivity index (χ4n) is 2.23. The molecule has 8 nitrogen and oxygen atoms in total. The molecule has 2 aromatic heterocycles. The summed E-state index contributed by atoms with van der Waals surface area (Å²) in [6, 6.07) is 6.33. The van der Waals surface area contributed by atoms with Gasteiger partial charge in [0.1, 0.15) is 18.8 Å². The van der Waals surface area contributed by atoms with Crippen LogP contribution in [0, 0.1) is 5.82 Å². The lowest BCUT2D eigenvalue weighted by Crippen LogP contribution is -2.18. The van der Waals surface area contributed by atoms with Crippen LogP contribution in [0.4, 0.5) is 10.1 Å². The summed E-state index contributed by atoms with van der Waals surface area (Å²) in [5.41, 5.74) is 1.11. The highest BCUT2D eigenvalue weighted by Crippen LogP contribution is 2.16. The van der Waals surface area contributed by atoms with E-state index in [4.69, 9.17) is 4.74 Å². The van der Waals surface area contributed by atoms with Gasteiger partial charge in [0.15, 0.2) is 11.6 Å². The van der Waals surface area contributed by atoms with Crippen LogP contribution in [0.2, 0.25) is 0 Å². The molecule has 136 valence electrons. The van der Waals surface area contributed by atoms with E-state index in [1.807, 2.05) is 13.8 Å². The summed E-state index contributed by atoms with van der Waals surface area (Å²) in [7, 11) is 0. The summed E-state index contributed by atoms with van der Waals surface area (Å²) < 4.78 is 22.0. The van der Waals surface area contributed by atoms with Gasteiger partial charge in [-0.1, -0.05) is 17.3 Å². The maximum Gasteiger partial charge on any atom is 0.246 e. The number of anilines is 1. The number of nitrogens with zero attached hydrogens (tertiary/aromatic N) is 5. The zero-order valence-electron chi connectivity index (χ0n) is 14.5. The maximum atomic E-state index is 13.5. The molecule has 0 saturated heterocycles. The Morgan fingerprint density at radius 3 is 2.85 bits per heavy atom. The first-order valence-corrected chi connectivity index (χ1v) is 8.11. The molecule has 3 rings (SSSR count). The Kier molecular flexibility index (Phi) is 5.26. The molecule has 0 radical (unpaired) electrons. The number of benzene rings is 1. The highest BCUT2D eigenvalue weighted by Gasteiger charge is 2.10. The molecule has 0 saturated carbocycles. The van der Waals surface area contributed by atoms with Crippen LogP contribution in [-0.4, -0.2) is 30.7 Å². The highest BCUT2D eigenvalue weighted by molar-refractivity contribution is 5.90. The molecule has 0 spiro atoms. The standard InChI is InChI=1S/C17H19FN6O2/c1-12(2)24-9-13(7-19-24)20-17(25)10-23-8-14(21-22-23)11-26-16-6-4-3-5-15(16)18/h3-9,12H,10-11H2,1-2H3,(H,20,25). The van der Waals surface area contributed by atoms with Gasteiger partial charge in [0.2, 0.25) is 5.91 Å². The molecule has 0 atom stereocenters. The van der Waals surface area contributed by atoms with Gasteiger partial charge in [-0.3, -0.25) is 9.48 Å². The second-order valence-electron chi connectivity index (χ2n) is 5.98. The summed E-state index contributed by atoms with van der Waals surface area (Å²) >= 11 is 0. The molecule has 0 aliphatic rings. The van der Waals surface area contributed by atoms with Gasteiger partial charge >= 0.3 is 0 Å². The first kappa shape index (κ1) is 17.6. The first-order valence-electron chi connectivity index (χ1n) is 8.11. The van der Waals surface area contributed by atoms with Crippen LogP contribution >= 0.6 is 0 Å². The highest BCUT2D eigenvalue weighted by atomic mass is 19.1. The summed E-state index contributed by atoms with van der Waals surface area (Å²) in [4.78, 5) is 12.1. The van der Waals surface area contributed by atoms with E-state index < -0.39 is 5.82 Å². The van der Waals surface area contributed by atoms with E-state index in [2.05, 4.69) is 20.7 Å². The van der Waals surface area contributed by atoms with Gasteiger partial charge in [0.05, 0.1) is 18.1 Å². The largest absolute Gasteiger partial charge is 0.484 e. The van der Waals surface area contributed by atoms with Crippen molar-refractivity contribution in [3.63, 3.8) is 0 Å². The fraction of sp³-hybridized carbons (Fsp3) is 0.294. The van der Waals surface area contributed by atoms with Gasteiger partial charge in [-0.15, -0.1) is 5.10 Å². The van der Waals surface area contributed by atoms with Gasteiger partial charge < -0.3 is 10.1 Å². The Balaban J connectivity index is 1.52. The number of nitrogens with one attached hydrogen (secondary N) is 1. The topological polar surface area (TPSA) is 86.9 Å². The molecule has 1 aromatic carbocycles. The van der Waals surface area contributed by atoms with Crippen molar-refractivity contribution < 1.29 is 13.9 Å². The molecule has 3 aromatic rings. The van der Waals surface area contributed by atoms with Crippen LogP contribution in [0.3, 0.4) is 0 Å². The first-order chi connectivity index (χ1) is 12.5. The van der Waals surface area contributed by atoms with Crippen LogP contribution in [0.15, 0.2) is 42.9 Å². The number of hydrogen-bond acceptors (Lipinski definition) is 5. The zero-order valence-corrected chi connectivity index (χ0v) is 14.5. The van der Waals surface area contributed by atoms with Gasteiger partial charge in [0, 0.05) is 12.2 Å². The third-order valence-electron chi connectivity index (χ3n) is 3.52. The minimum Gasteiger partial charge on any atom is -0.484 e. The van der Waals surface area contributed by atoms with E-state index in [9.17, 15) is 9.18 Å². The minimum atomic E-state index is -0.443. The van der Waals surface area contributed by atoms with Crippen molar-refractivity contribution in [2.24, 2.45) is 0 Å². The molecule has 0 bridgehead atoms. The van der Waals surface area contributed by atoms with Gasteiger partial charge in [-0.05, 0) is 26.0 Å². The van der Waals surface area contributed by atoms with Crippen molar-refractivity contribution in [2.45, 2.75) is 33.0 Å². The zero-order chi connectivity index (χ0) is 18.5. The van der Waals surface area contributed by atoms with Crippen LogP contribution in [0.25, 0.3) is 0 Å². The number of rotatable bonds is 7. The number of hydrogen-bond donors (Lipinski definition) is 1. The third-order valence-corrected chi connectivity index (χ3v) is 3.52. The smallest absolute Gasteiger partial charge is 0.246 e. The molecule has 0 aliphatic heterocycles. The number of carbonyl (C=O) groups excluding carboxylic acids is 1. The average Bonchev–Trinajstić information content (AvgIpc) is 3.24. The number of para-hydroxylation sites is 1. The van der Waals surface area contributed by atoms with Crippen molar-refractivity contribution in [3.05, 3.63) is 54.4 Å². The van der Waals surface area contributed by atoms with Crippen molar-refractivity contribution in [3.8, 4) is 5.75 Å². The number of ether oxygens (including phenoxy) is 1. The van der Waals surface area contributed by atoms with Gasteiger partial charge in [-0.2, -0.15) is 5.10 Å². The quantitative estimate of drug-likeness (QED) is 0.701. The summed E-state index contributed by atoms with van der Waals surface area (Å²) in [5.74, 6) is -0.553. The van der Waals surface area contributed by atoms with E-state index in [0.717, 1.165) is 0 Å². The van der Waals surface area contributed by atoms with Crippen LogP contribution in [0.1, 0.15) is 25.6 Å². The Labute approximate surface area is 149 Å². The molecule has 9 heteroatoms. The van der Waals surface area contributed by atoms with Crippen molar-refractivity contribution in [1.82, 2.24) is 24.8 Å². The Morgan fingerprint density at radius 2 is 2.12 bits per heavy atom. The minimum absolute atomic E-state index is 0.000440. The lowest BCUT2D eigenvalue weighted by atomic mass is 10.3. The second-order valence-corrected chi connectivity index (χ2v) is 5.98. The predicted molar refractivity (Wildman–Crippen MR) is 92.0 cm³/mol. The Morgan fingerprint density at radius 1 is 1.31 bits per heavy atom. The lowest BCUT2D eigenvalue weighted by molar-refractivity contribution is -0.116. The van der Waals surface area contributed by atoms with Crippen molar-refractivity contribution >= 4 is 11.6 Å². The molecule has 2 heterocycles. The van der Waals surface area contributed by atoms with Crippen LogP contribution in [0.5, 0.6) is 5.75 Å². The number of amides is 1. The summed E-state index contributed by atoms with van der Waals surface area (Å²) in [6.45, 7) is 4.06. The predicted octanol–water partition coefficient (Wildman–Crippen LogP) is 2.41. The number of halogens is 1. The van der Waals surface area contributed by atoms with Gasteiger partial charge in [0.25, 0.3) is 0 Å². The monoisotopic (exact) mass is 358 g/mol. The SMILES string of the molecule is CC(C)n1cc(NC(=O)Cn2cc(COc3ccccc3F)nn2)cn1. The van der Waals surface area contributed by atoms with Crippen LogP contribution in [-0.2, 0) is 17.9 Å². The molecule has 0 aliphatic carbocycles. The lowest BCUT2D eigenvalue weighted by Gasteiger charge is -2.04. The molecule has 26 heavy (non-hydrogen) atoms. The molecule has 1 N–H and O–H groups in total. The van der Waals surface area contributed by atoms with E-state index in [0.29, 0.717) is 11.4 Å². The molecule has 1 amide bonds. The molecular weight excluding hydrogens is 339 g/mol. The molecule has 0 unspecified atom stereocenters. The van der Waals surface area contributed by atoms with Gasteiger partial charge in [-0.25, -0.2) is 9.07 Å². The van der Waals surface area contributed by atoms with E-state index >= 15 is 0 Å². The van der Waals surface area contributed by atoms with Crippen molar-refractivity contribution in [1.29, 1.82) is 0 Å². The Bertz CT molecular complexity index is 889. The number of carbonyl (C=O) groups is 1. The fourth-order valence-corrected chi connectivity index (χ4v) is 2.23. The van der Waals surface area contributed by atoms with Crippen LogP contribution < -0.4 is 10.1 Å². The second kappa shape index (κ2) is 7.77. The summed E-state index contributed by atoms with van der Waals surface area (Å²) in [6.07, 6.45) is 4.93. The Hall–Kier alpha value is -3.23. The number of aromatic nitrogens is 5. The maximum absolute atomic E-state index is 13.5. The molecule has 0 fully saturated rings. The normalized spacial score (nSPS) is 10.9.